The van der Waals surface area contributed by atoms with Crippen LogP contribution in [0, 0.1) is 13.8 Å². The minimum atomic E-state index is -3.72. The van der Waals surface area contributed by atoms with E-state index in [4.69, 9.17) is 0 Å². The molecule has 8 heteroatoms. The average molecular weight is 460 g/mol. The van der Waals surface area contributed by atoms with Crippen molar-refractivity contribution < 1.29 is 18.0 Å². The van der Waals surface area contributed by atoms with Crippen molar-refractivity contribution in [1.82, 2.24) is 10.2 Å². The summed E-state index contributed by atoms with van der Waals surface area (Å²) in [7, 11) is -2.19. The van der Waals surface area contributed by atoms with Gasteiger partial charge in [-0.05, 0) is 55.5 Å². The number of carbonyl (C=O) groups is 2. The maximum Gasteiger partial charge on any atom is 0.244 e. The van der Waals surface area contributed by atoms with Crippen molar-refractivity contribution in [2.24, 2.45) is 0 Å². The van der Waals surface area contributed by atoms with Crippen molar-refractivity contribution in [2.45, 2.75) is 39.7 Å². The van der Waals surface area contributed by atoms with E-state index >= 15 is 0 Å². The van der Waals surface area contributed by atoms with Crippen LogP contribution in [0.2, 0.25) is 0 Å². The Morgan fingerprint density at radius 3 is 2.22 bits per heavy atom. The van der Waals surface area contributed by atoms with Crippen LogP contribution in [0.4, 0.5) is 5.69 Å². The number of aryl methyl sites for hydroxylation is 2. The minimum Gasteiger partial charge on any atom is -0.357 e. The van der Waals surface area contributed by atoms with Crippen LogP contribution >= 0.6 is 0 Å². The van der Waals surface area contributed by atoms with Crippen LogP contribution in [0.1, 0.15) is 30.0 Å². The van der Waals surface area contributed by atoms with Gasteiger partial charge in [-0.25, -0.2) is 8.42 Å². The number of sulfonamides is 1. The highest BCUT2D eigenvalue weighted by atomic mass is 32.2. The molecule has 2 aromatic carbocycles. The first-order chi connectivity index (χ1) is 15.1. The van der Waals surface area contributed by atoms with Crippen LogP contribution in [0.15, 0.2) is 48.5 Å². The standard InChI is InChI=1S/C24H33N3O4S/c1-6-22(24(29)25-4)26(15-14-20-10-8-7-9-11-20)23(28)17-27(32(5,30)31)21-13-12-18(2)19(3)16-21/h7-13,16,22H,6,14-15,17H2,1-5H3,(H,25,29). The van der Waals surface area contributed by atoms with E-state index in [1.165, 1.54) is 11.9 Å². The fraction of sp³-hybridized carbons (Fsp3) is 0.417. The number of likely N-dealkylation sites (N-methyl/N-ethyl adjacent to an activating group) is 1. The SMILES string of the molecule is CCC(C(=O)NC)N(CCc1ccccc1)C(=O)CN(c1ccc(C)c(C)c1)S(C)(=O)=O. The third-order valence-electron chi connectivity index (χ3n) is 5.57. The van der Waals surface area contributed by atoms with Gasteiger partial charge in [0.1, 0.15) is 12.6 Å². The lowest BCUT2D eigenvalue weighted by Gasteiger charge is -2.32. The first kappa shape index (κ1) is 25.4. The van der Waals surface area contributed by atoms with Crippen molar-refractivity contribution in [1.29, 1.82) is 0 Å². The molecule has 174 valence electrons. The normalized spacial score (nSPS) is 12.2. The molecule has 0 spiro atoms. The summed E-state index contributed by atoms with van der Waals surface area (Å²) < 4.78 is 26.2. The van der Waals surface area contributed by atoms with E-state index in [9.17, 15) is 18.0 Å². The van der Waals surface area contributed by atoms with E-state index in [-0.39, 0.29) is 12.5 Å². The molecule has 0 aliphatic heterocycles. The van der Waals surface area contributed by atoms with Gasteiger partial charge < -0.3 is 10.2 Å². The van der Waals surface area contributed by atoms with Crippen molar-refractivity contribution in [3.8, 4) is 0 Å². The van der Waals surface area contributed by atoms with E-state index in [2.05, 4.69) is 5.32 Å². The second-order valence-corrected chi connectivity index (χ2v) is 9.81. The Hall–Kier alpha value is -2.87. The molecule has 1 atom stereocenters. The summed E-state index contributed by atoms with van der Waals surface area (Å²) in [6.45, 7) is 5.60. The number of benzene rings is 2. The maximum atomic E-state index is 13.4. The van der Waals surface area contributed by atoms with Crippen molar-refractivity contribution in [3.63, 3.8) is 0 Å². The first-order valence-corrected chi connectivity index (χ1v) is 12.5. The second-order valence-electron chi connectivity index (χ2n) is 7.90. The van der Waals surface area contributed by atoms with E-state index < -0.39 is 22.0 Å². The zero-order valence-electron chi connectivity index (χ0n) is 19.5. The van der Waals surface area contributed by atoms with E-state index in [0.717, 1.165) is 27.3 Å². The zero-order valence-corrected chi connectivity index (χ0v) is 20.3. The monoisotopic (exact) mass is 459 g/mol. The molecule has 0 fully saturated rings. The molecule has 2 rings (SSSR count). The number of anilines is 1. The summed E-state index contributed by atoms with van der Waals surface area (Å²) in [6, 6.07) is 14.3. The number of hydrogen-bond acceptors (Lipinski definition) is 4. The molecule has 0 saturated carbocycles. The van der Waals surface area contributed by atoms with Crippen LogP contribution in [0.25, 0.3) is 0 Å². The van der Waals surface area contributed by atoms with Gasteiger partial charge in [0.25, 0.3) is 0 Å². The van der Waals surface area contributed by atoms with Crippen LogP contribution in [-0.2, 0) is 26.0 Å². The van der Waals surface area contributed by atoms with Crippen molar-refractivity contribution in [2.75, 3.05) is 30.7 Å². The lowest BCUT2D eigenvalue weighted by atomic mass is 10.1. The molecule has 0 aliphatic rings. The molecule has 0 heterocycles. The molecule has 2 amide bonds. The second kappa shape index (κ2) is 11.1. The largest absolute Gasteiger partial charge is 0.357 e. The lowest BCUT2D eigenvalue weighted by molar-refractivity contribution is -0.139. The number of nitrogens with zero attached hydrogens (tertiary/aromatic N) is 2. The summed E-state index contributed by atoms with van der Waals surface area (Å²) in [5.41, 5.74) is 3.43. The molecule has 2 aromatic rings. The maximum absolute atomic E-state index is 13.4. The molecule has 32 heavy (non-hydrogen) atoms. The summed E-state index contributed by atoms with van der Waals surface area (Å²) in [5, 5.41) is 2.61. The number of amides is 2. The van der Waals surface area contributed by atoms with Gasteiger partial charge in [0, 0.05) is 13.6 Å². The fourth-order valence-electron chi connectivity index (χ4n) is 3.56. The third-order valence-corrected chi connectivity index (χ3v) is 6.71. The van der Waals surface area contributed by atoms with E-state index in [1.54, 1.807) is 12.1 Å². The Labute approximate surface area is 191 Å². The predicted molar refractivity (Wildman–Crippen MR) is 128 cm³/mol. The molecular formula is C24H33N3O4S. The highest BCUT2D eigenvalue weighted by molar-refractivity contribution is 7.92. The van der Waals surface area contributed by atoms with Gasteiger partial charge in [0.15, 0.2) is 0 Å². The molecule has 1 unspecified atom stereocenters. The quantitative estimate of drug-likeness (QED) is 0.592. The number of hydrogen-bond donors (Lipinski definition) is 1. The van der Waals surface area contributed by atoms with Crippen LogP contribution < -0.4 is 9.62 Å². The summed E-state index contributed by atoms with van der Waals surface area (Å²) in [4.78, 5) is 27.4. The highest BCUT2D eigenvalue weighted by Crippen LogP contribution is 2.22. The van der Waals surface area contributed by atoms with Gasteiger partial charge >= 0.3 is 0 Å². The molecule has 0 radical (unpaired) electrons. The Morgan fingerprint density at radius 2 is 1.69 bits per heavy atom. The number of carbonyl (C=O) groups excluding carboxylic acids is 2. The molecular weight excluding hydrogens is 426 g/mol. The molecule has 0 aromatic heterocycles. The summed E-state index contributed by atoms with van der Waals surface area (Å²) in [6.07, 6.45) is 2.06. The van der Waals surface area contributed by atoms with E-state index in [1.807, 2.05) is 57.2 Å². The fourth-order valence-corrected chi connectivity index (χ4v) is 4.40. The number of nitrogens with one attached hydrogen (secondary N) is 1. The third kappa shape index (κ3) is 6.56. The molecule has 1 N–H and O–H groups in total. The van der Waals surface area contributed by atoms with Gasteiger partial charge in [-0.2, -0.15) is 0 Å². The highest BCUT2D eigenvalue weighted by Gasteiger charge is 2.31. The number of rotatable bonds is 10. The molecule has 0 aliphatic carbocycles. The average Bonchev–Trinajstić information content (AvgIpc) is 2.76. The van der Waals surface area contributed by atoms with Crippen molar-refractivity contribution >= 4 is 27.5 Å². The first-order valence-electron chi connectivity index (χ1n) is 10.7. The summed E-state index contributed by atoms with van der Waals surface area (Å²) >= 11 is 0. The Bertz CT molecular complexity index is 1040. The van der Waals surface area contributed by atoms with Crippen molar-refractivity contribution in [3.05, 3.63) is 65.2 Å². The van der Waals surface area contributed by atoms with Gasteiger partial charge in [0.2, 0.25) is 21.8 Å². The Morgan fingerprint density at radius 1 is 1.03 bits per heavy atom. The Kier molecular flexibility index (Phi) is 8.83. The lowest BCUT2D eigenvalue weighted by Crippen LogP contribution is -2.52. The molecule has 7 nitrogen and oxygen atoms in total. The van der Waals surface area contributed by atoms with Gasteiger partial charge in [-0.1, -0.05) is 43.3 Å². The van der Waals surface area contributed by atoms with Crippen LogP contribution in [-0.4, -0.2) is 57.6 Å². The van der Waals surface area contributed by atoms with Gasteiger partial charge in [-0.15, -0.1) is 0 Å². The van der Waals surface area contributed by atoms with E-state index in [0.29, 0.717) is 25.1 Å². The van der Waals surface area contributed by atoms with Gasteiger partial charge in [0.05, 0.1) is 11.9 Å². The van der Waals surface area contributed by atoms with Gasteiger partial charge in [-0.3, -0.25) is 13.9 Å². The zero-order chi connectivity index (χ0) is 23.9. The predicted octanol–water partition coefficient (Wildman–Crippen LogP) is 2.67. The van der Waals surface area contributed by atoms with Crippen LogP contribution in [0.5, 0.6) is 0 Å². The molecule has 0 bridgehead atoms. The van der Waals surface area contributed by atoms with Crippen LogP contribution in [0.3, 0.4) is 0 Å². The molecule has 0 saturated heterocycles. The topological polar surface area (TPSA) is 86.8 Å². The summed E-state index contributed by atoms with van der Waals surface area (Å²) in [5.74, 6) is -0.689. The minimum absolute atomic E-state index is 0.272. The smallest absolute Gasteiger partial charge is 0.244 e. The Balaban J connectivity index is 2.36.